The summed E-state index contributed by atoms with van der Waals surface area (Å²) < 4.78 is 5.32. The molecular weight excluding hydrogens is 276 g/mol. The first-order valence-electron chi connectivity index (χ1n) is 7.02. The topological polar surface area (TPSA) is 64.4 Å². The first-order chi connectivity index (χ1) is 9.66. The number of nitrogens with two attached hydrogens (primary N) is 1. The molecule has 1 atom stereocenters. The van der Waals surface area contributed by atoms with E-state index in [-0.39, 0.29) is 11.8 Å². The highest BCUT2D eigenvalue weighted by molar-refractivity contribution is 6.30. The van der Waals surface area contributed by atoms with Gasteiger partial charge in [-0.1, -0.05) is 23.7 Å². The van der Waals surface area contributed by atoms with E-state index in [0.29, 0.717) is 17.5 Å². The van der Waals surface area contributed by atoms with E-state index in [2.05, 4.69) is 5.32 Å². The smallest absolute Gasteiger partial charge is 0.225 e. The van der Waals surface area contributed by atoms with E-state index in [1.807, 2.05) is 12.1 Å². The second-order valence-electron chi connectivity index (χ2n) is 5.14. The maximum absolute atomic E-state index is 11.6. The molecule has 1 saturated heterocycles. The van der Waals surface area contributed by atoms with Gasteiger partial charge in [-0.15, -0.1) is 0 Å². The predicted octanol–water partition coefficient (Wildman–Crippen LogP) is 2.07. The molecule has 2 rings (SSSR count). The summed E-state index contributed by atoms with van der Waals surface area (Å²) >= 11 is 5.86. The Bertz CT molecular complexity index is 430. The van der Waals surface area contributed by atoms with Crippen LogP contribution in [0.2, 0.25) is 5.02 Å². The molecule has 1 aliphatic rings. The first kappa shape index (κ1) is 15.3. The zero-order valence-corrected chi connectivity index (χ0v) is 12.2. The lowest BCUT2D eigenvalue weighted by Crippen LogP contribution is -2.36. The number of benzene rings is 1. The highest BCUT2D eigenvalue weighted by Crippen LogP contribution is 2.21. The lowest BCUT2D eigenvalue weighted by atomic mass is 9.95. The van der Waals surface area contributed by atoms with Gasteiger partial charge in [0.05, 0.1) is 5.92 Å². The van der Waals surface area contributed by atoms with Crippen molar-refractivity contribution >= 4 is 17.5 Å². The molecule has 4 nitrogen and oxygen atoms in total. The molecule has 0 spiro atoms. The molecule has 0 aliphatic carbocycles. The van der Waals surface area contributed by atoms with Crippen molar-refractivity contribution in [3.63, 3.8) is 0 Å². The van der Waals surface area contributed by atoms with Crippen molar-refractivity contribution < 1.29 is 9.53 Å². The quantitative estimate of drug-likeness (QED) is 0.844. The number of hydrogen-bond donors (Lipinski definition) is 2. The van der Waals surface area contributed by atoms with E-state index in [1.54, 1.807) is 12.1 Å². The Morgan fingerprint density at radius 1 is 1.35 bits per heavy atom. The fraction of sp³-hybridized carbons (Fsp3) is 0.533. The van der Waals surface area contributed by atoms with E-state index in [4.69, 9.17) is 22.1 Å². The van der Waals surface area contributed by atoms with Crippen LogP contribution in [0.5, 0.6) is 0 Å². The molecule has 1 aromatic rings. The monoisotopic (exact) mass is 296 g/mol. The maximum Gasteiger partial charge on any atom is 0.225 e. The van der Waals surface area contributed by atoms with Gasteiger partial charge in [0.25, 0.3) is 0 Å². The Morgan fingerprint density at radius 3 is 2.60 bits per heavy atom. The number of nitrogens with one attached hydrogen (secondary N) is 1. The van der Waals surface area contributed by atoms with Gasteiger partial charge in [-0.05, 0) is 43.5 Å². The third-order valence-corrected chi connectivity index (χ3v) is 3.96. The second kappa shape index (κ2) is 7.62. The molecule has 0 saturated carbocycles. The second-order valence-corrected chi connectivity index (χ2v) is 5.57. The third-order valence-electron chi connectivity index (χ3n) is 3.70. The van der Waals surface area contributed by atoms with Crippen molar-refractivity contribution in [2.75, 3.05) is 19.8 Å². The Morgan fingerprint density at radius 2 is 2.00 bits per heavy atom. The van der Waals surface area contributed by atoms with Crippen LogP contribution in [0.15, 0.2) is 24.3 Å². The largest absolute Gasteiger partial charge is 0.381 e. The molecule has 1 aliphatic heterocycles. The molecule has 110 valence electrons. The van der Waals surface area contributed by atoms with E-state index in [1.165, 1.54) is 0 Å². The highest BCUT2D eigenvalue weighted by atomic mass is 35.5. The SMILES string of the molecule is NC(=O)[C@H](CCNC1CCOCC1)c1ccc(Cl)cc1. The van der Waals surface area contributed by atoms with Crippen molar-refractivity contribution in [2.24, 2.45) is 5.73 Å². The molecule has 20 heavy (non-hydrogen) atoms. The molecule has 0 bridgehead atoms. The summed E-state index contributed by atoms with van der Waals surface area (Å²) in [5.74, 6) is -0.555. The minimum atomic E-state index is -0.291. The number of carbonyl (C=O) groups is 1. The molecule has 1 amide bonds. The summed E-state index contributed by atoms with van der Waals surface area (Å²) in [6.07, 6.45) is 2.76. The summed E-state index contributed by atoms with van der Waals surface area (Å²) in [6, 6.07) is 7.80. The van der Waals surface area contributed by atoms with Crippen molar-refractivity contribution in [3.05, 3.63) is 34.9 Å². The standard InChI is InChI=1S/C15H21ClN2O2/c16-12-3-1-11(2-4-12)14(15(17)19)5-8-18-13-6-9-20-10-7-13/h1-4,13-14,18H,5-10H2,(H2,17,19)/t14-/m1/s1. The van der Waals surface area contributed by atoms with Crippen LogP contribution < -0.4 is 11.1 Å². The lowest BCUT2D eigenvalue weighted by Gasteiger charge is -2.24. The summed E-state index contributed by atoms with van der Waals surface area (Å²) in [7, 11) is 0. The van der Waals surface area contributed by atoms with E-state index < -0.39 is 0 Å². The molecule has 1 fully saturated rings. The molecule has 5 heteroatoms. The molecule has 0 unspecified atom stereocenters. The van der Waals surface area contributed by atoms with Gasteiger partial charge in [-0.3, -0.25) is 4.79 Å². The van der Waals surface area contributed by atoms with Gasteiger partial charge >= 0.3 is 0 Å². The normalized spacial score (nSPS) is 17.9. The molecule has 1 heterocycles. The van der Waals surface area contributed by atoms with Crippen LogP contribution in [0.4, 0.5) is 0 Å². The molecule has 0 radical (unpaired) electrons. The third kappa shape index (κ3) is 4.47. The number of carbonyl (C=O) groups excluding carboxylic acids is 1. The van der Waals surface area contributed by atoms with Gasteiger partial charge in [0.15, 0.2) is 0 Å². The average molecular weight is 297 g/mol. The van der Waals surface area contributed by atoms with Crippen LogP contribution in [0.3, 0.4) is 0 Å². The molecule has 3 N–H and O–H groups in total. The minimum absolute atomic E-state index is 0.264. The molecular formula is C15H21ClN2O2. The van der Waals surface area contributed by atoms with Crippen LogP contribution in [-0.2, 0) is 9.53 Å². The zero-order chi connectivity index (χ0) is 14.4. The van der Waals surface area contributed by atoms with Gasteiger partial charge in [0.1, 0.15) is 0 Å². The minimum Gasteiger partial charge on any atom is -0.381 e. The van der Waals surface area contributed by atoms with Crippen molar-refractivity contribution in [1.82, 2.24) is 5.32 Å². The molecule has 0 aromatic heterocycles. The summed E-state index contributed by atoms with van der Waals surface area (Å²) in [5.41, 5.74) is 6.43. The van der Waals surface area contributed by atoms with Crippen LogP contribution in [0.1, 0.15) is 30.7 Å². The number of hydrogen-bond acceptors (Lipinski definition) is 3. The maximum atomic E-state index is 11.6. The number of ether oxygens (including phenoxy) is 1. The Kier molecular flexibility index (Phi) is 5.83. The first-order valence-corrected chi connectivity index (χ1v) is 7.40. The Balaban J connectivity index is 1.86. The summed E-state index contributed by atoms with van der Waals surface area (Å²) in [6.45, 7) is 2.41. The lowest BCUT2D eigenvalue weighted by molar-refractivity contribution is -0.119. The van der Waals surface area contributed by atoms with E-state index >= 15 is 0 Å². The van der Waals surface area contributed by atoms with Crippen LogP contribution in [-0.4, -0.2) is 31.7 Å². The van der Waals surface area contributed by atoms with Crippen molar-refractivity contribution in [1.29, 1.82) is 0 Å². The number of primary amides is 1. The van der Waals surface area contributed by atoms with Crippen LogP contribution in [0.25, 0.3) is 0 Å². The van der Waals surface area contributed by atoms with Gasteiger partial charge in [0.2, 0.25) is 5.91 Å². The van der Waals surface area contributed by atoms with Gasteiger partial charge in [-0.25, -0.2) is 0 Å². The average Bonchev–Trinajstić information content (AvgIpc) is 2.46. The number of halogens is 1. The van der Waals surface area contributed by atoms with Crippen LogP contribution >= 0.6 is 11.6 Å². The Hall–Kier alpha value is -1.10. The van der Waals surface area contributed by atoms with E-state index in [0.717, 1.165) is 38.2 Å². The van der Waals surface area contributed by atoms with Gasteiger partial charge < -0.3 is 15.8 Å². The van der Waals surface area contributed by atoms with Gasteiger partial charge in [0, 0.05) is 24.3 Å². The summed E-state index contributed by atoms with van der Waals surface area (Å²) in [5, 5.41) is 4.14. The van der Waals surface area contributed by atoms with Crippen molar-refractivity contribution in [3.8, 4) is 0 Å². The number of rotatable bonds is 6. The fourth-order valence-electron chi connectivity index (χ4n) is 2.50. The fourth-order valence-corrected chi connectivity index (χ4v) is 2.63. The van der Waals surface area contributed by atoms with Gasteiger partial charge in [-0.2, -0.15) is 0 Å². The number of amides is 1. The predicted molar refractivity (Wildman–Crippen MR) is 79.8 cm³/mol. The Labute approximate surface area is 124 Å². The molecule has 1 aromatic carbocycles. The van der Waals surface area contributed by atoms with Crippen LogP contribution in [0, 0.1) is 0 Å². The van der Waals surface area contributed by atoms with E-state index in [9.17, 15) is 4.79 Å². The summed E-state index contributed by atoms with van der Waals surface area (Å²) in [4.78, 5) is 11.6. The van der Waals surface area contributed by atoms with Crippen molar-refractivity contribution in [2.45, 2.75) is 31.2 Å². The highest BCUT2D eigenvalue weighted by Gasteiger charge is 2.19. The zero-order valence-electron chi connectivity index (χ0n) is 11.5.